The number of hydrogen-bond acceptors (Lipinski definition) is 6. The van der Waals surface area contributed by atoms with Crippen molar-refractivity contribution in [2.45, 2.75) is 13.5 Å². The third-order valence-electron chi connectivity index (χ3n) is 3.57. The molecule has 0 bridgehead atoms. The van der Waals surface area contributed by atoms with Gasteiger partial charge in [0.15, 0.2) is 11.5 Å². The van der Waals surface area contributed by atoms with Gasteiger partial charge in [-0.1, -0.05) is 63.5 Å². The van der Waals surface area contributed by atoms with E-state index in [0.29, 0.717) is 16.3 Å². The van der Waals surface area contributed by atoms with Crippen LogP contribution < -0.4 is 5.73 Å². The molecule has 2 aromatic rings. The summed E-state index contributed by atoms with van der Waals surface area (Å²) in [5.74, 6) is 0.0904. The van der Waals surface area contributed by atoms with Crippen LogP contribution in [-0.2, 0) is 21.1 Å². The lowest BCUT2D eigenvalue weighted by Gasteiger charge is -2.10. The fraction of sp³-hybridized carbons (Fsp3) is 0.211. The topological polar surface area (TPSA) is 90.8 Å². The summed E-state index contributed by atoms with van der Waals surface area (Å²) in [6.07, 6.45) is 0. The van der Waals surface area contributed by atoms with E-state index in [4.69, 9.17) is 31.8 Å². The number of oxime groups is 3. The molecule has 0 fully saturated rings. The fourth-order valence-corrected chi connectivity index (χ4v) is 2.41. The minimum atomic E-state index is 0.0904. The third-order valence-corrected chi connectivity index (χ3v) is 3.82. The third kappa shape index (κ3) is 5.72. The van der Waals surface area contributed by atoms with Crippen molar-refractivity contribution in [3.63, 3.8) is 0 Å². The second kappa shape index (κ2) is 10.2. The Kier molecular flexibility index (Phi) is 7.63. The predicted octanol–water partition coefficient (Wildman–Crippen LogP) is 3.55. The first-order valence-corrected chi connectivity index (χ1v) is 8.43. The van der Waals surface area contributed by atoms with Crippen LogP contribution in [0.2, 0.25) is 5.02 Å². The maximum atomic E-state index is 5.92. The van der Waals surface area contributed by atoms with Crippen molar-refractivity contribution in [3.05, 3.63) is 70.2 Å². The Morgan fingerprint density at radius 3 is 2.30 bits per heavy atom. The summed E-state index contributed by atoms with van der Waals surface area (Å²) in [4.78, 5) is 15.1. The Morgan fingerprint density at radius 2 is 1.63 bits per heavy atom. The van der Waals surface area contributed by atoms with E-state index >= 15 is 0 Å². The van der Waals surface area contributed by atoms with Gasteiger partial charge in [-0.15, -0.1) is 0 Å². The molecule has 0 unspecified atom stereocenters. The van der Waals surface area contributed by atoms with Gasteiger partial charge >= 0.3 is 0 Å². The second-order valence-corrected chi connectivity index (χ2v) is 5.83. The van der Waals surface area contributed by atoms with Crippen LogP contribution in [0.5, 0.6) is 0 Å². The van der Waals surface area contributed by atoms with Gasteiger partial charge in [0.05, 0.1) is 5.71 Å². The Hall–Kier alpha value is -3.06. The maximum Gasteiger partial charge on any atom is 0.192 e. The summed E-state index contributed by atoms with van der Waals surface area (Å²) in [7, 11) is 2.83. The van der Waals surface area contributed by atoms with Gasteiger partial charge in [0.2, 0.25) is 0 Å². The van der Waals surface area contributed by atoms with Crippen LogP contribution >= 0.6 is 11.6 Å². The zero-order chi connectivity index (χ0) is 19.6. The van der Waals surface area contributed by atoms with Crippen LogP contribution in [0.15, 0.2) is 64.0 Å². The normalized spacial score (nSPS) is 12.7. The van der Waals surface area contributed by atoms with Crippen molar-refractivity contribution in [1.82, 2.24) is 0 Å². The highest BCUT2D eigenvalue weighted by molar-refractivity contribution is 6.47. The van der Waals surface area contributed by atoms with E-state index in [9.17, 15) is 0 Å². The molecule has 8 heteroatoms. The van der Waals surface area contributed by atoms with E-state index in [0.717, 1.165) is 16.8 Å². The number of nitrogens with two attached hydrogens (primary N) is 1. The second-order valence-electron chi connectivity index (χ2n) is 5.40. The van der Waals surface area contributed by atoms with Gasteiger partial charge in [0.1, 0.15) is 20.8 Å². The number of benzene rings is 2. The van der Waals surface area contributed by atoms with Gasteiger partial charge in [-0.2, -0.15) is 0 Å². The number of rotatable bonds is 8. The van der Waals surface area contributed by atoms with E-state index < -0.39 is 0 Å². The first-order chi connectivity index (χ1) is 13.1. The van der Waals surface area contributed by atoms with Crippen molar-refractivity contribution >= 4 is 28.9 Å². The molecule has 27 heavy (non-hydrogen) atoms. The number of hydrogen-bond donors (Lipinski definition) is 1. The van der Waals surface area contributed by atoms with E-state index in [1.807, 2.05) is 43.3 Å². The van der Waals surface area contributed by atoms with Crippen LogP contribution in [0, 0.1) is 0 Å². The molecule has 2 aromatic carbocycles. The quantitative estimate of drug-likeness (QED) is 0.425. The summed E-state index contributed by atoms with van der Waals surface area (Å²) in [6, 6.07) is 14.8. The van der Waals surface area contributed by atoms with Gasteiger partial charge < -0.3 is 20.2 Å². The lowest BCUT2D eigenvalue weighted by atomic mass is 10.0. The molecule has 0 saturated carbocycles. The van der Waals surface area contributed by atoms with Crippen molar-refractivity contribution in [2.24, 2.45) is 21.2 Å². The molecule has 0 aliphatic heterocycles. The SMILES string of the molecule is CON=C(N)C(=NOC)c1ccccc1CON=C(C)c1ccc(Cl)cc1. The molecule has 0 amide bonds. The van der Waals surface area contributed by atoms with Crippen LogP contribution in [-0.4, -0.2) is 31.5 Å². The Labute approximate surface area is 163 Å². The van der Waals surface area contributed by atoms with E-state index in [-0.39, 0.29) is 12.4 Å². The smallest absolute Gasteiger partial charge is 0.192 e. The molecule has 0 spiro atoms. The molecule has 0 aliphatic carbocycles. The standard InChI is InChI=1S/C19H21ClN4O3/c1-13(14-8-10-16(20)11-9-14)22-27-12-15-6-4-5-7-17(15)18(23-25-2)19(21)24-26-3/h4-11H,12H2,1-3H3,(H2,21,24). The molecule has 0 aliphatic rings. The van der Waals surface area contributed by atoms with Crippen LogP contribution in [0.1, 0.15) is 23.6 Å². The van der Waals surface area contributed by atoms with Crippen molar-refractivity contribution in [2.75, 3.05) is 14.2 Å². The van der Waals surface area contributed by atoms with Crippen molar-refractivity contribution < 1.29 is 14.5 Å². The molecule has 7 nitrogen and oxygen atoms in total. The molecular formula is C19H21ClN4O3. The molecule has 0 saturated heterocycles. The molecule has 2 N–H and O–H groups in total. The lowest BCUT2D eigenvalue weighted by molar-refractivity contribution is 0.130. The van der Waals surface area contributed by atoms with Gasteiger partial charge in [0.25, 0.3) is 0 Å². The van der Waals surface area contributed by atoms with Crippen LogP contribution in [0.25, 0.3) is 0 Å². The highest BCUT2D eigenvalue weighted by atomic mass is 35.5. The summed E-state index contributed by atoms with van der Waals surface area (Å²) in [6.45, 7) is 2.07. The first kappa shape index (κ1) is 20.3. The van der Waals surface area contributed by atoms with Gasteiger partial charge in [-0.3, -0.25) is 0 Å². The zero-order valence-corrected chi connectivity index (χ0v) is 16.1. The van der Waals surface area contributed by atoms with Crippen LogP contribution in [0.3, 0.4) is 0 Å². The van der Waals surface area contributed by atoms with Gasteiger partial charge in [-0.05, 0) is 24.6 Å². The Morgan fingerprint density at radius 1 is 0.963 bits per heavy atom. The largest absolute Gasteiger partial charge is 0.399 e. The Balaban J connectivity index is 2.20. The molecule has 0 aromatic heterocycles. The molecule has 2 rings (SSSR count). The molecule has 142 valence electrons. The molecule has 0 radical (unpaired) electrons. The summed E-state index contributed by atoms with van der Waals surface area (Å²) < 4.78 is 0. The molecule has 0 atom stereocenters. The number of amidine groups is 1. The minimum absolute atomic E-state index is 0.0904. The summed E-state index contributed by atoms with van der Waals surface area (Å²) in [5.41, 5.74) is 9.43. The highest BCUT2D eigenvalue weighted by Crippen LogP contribution is 2.14. The first-order valence-electron chi connectivity index (χ1n) is 8.05. The fourth-order valence-electron chi connectivity index (χ4n) is 2.29. The number of nitrogens with zero attached hydrogens (tertiary/aromatic N) is 3. The van der Waals surface area contributed by atoms with Crippen LogP contribution in [0.4, 0.5) is 0 Å². The average Bonchev–Trinajstić information content (AvgIpc) is 2.67. The monoisotopic (exact) mass is 388 g/mol. The predicted molar refractivity (Wildman–Crippen MR) is 107 cm³/mol. The minimum Gasteiger partial charge on any atom is -0.399 e. The Bertz CT molecular complexity index is 848. The maximum absolute atomic E-state index is 5.92. The van der Waals surface area contributed by atoms with Gasteiger partial charge in [-0.25, -0.2) is 0 Å². The number of halogens is 1. The van der Waals surface area contributed by atoms with E-state index in [2.05, 4.69) is 15.5 Å². The van der Waals surface area contributed by atoms with Gasteiger partial charge in [0, 0.05) is 16.1 Å². The zero-order valence-electron chi connectivity index (χ0n) is 15.3. The average molecular weight is 389 g/mol. The van der Waals surface area contributed by atoms with Crippen molar-refractivity contribution in [3.8, 4) is 0 Å². The highest BCUT2D eigenvalue weighted by Gasteiger charge is 2.15. The molecular weight excluding hydrogens is 368 g/mol. The summed E-state index contributed by atoms with van der Waals surface area (Å²) in [5, 5.41) is 12.5. The summed E-state index contributed by atoms with van der Waals surface area (Å²) >= 11 is 5.90. The van der Waals surface area contributed by atoms with E-state index in [1.165, 1.54) is 14.2 Å². The molecule has 0 heterocycles. The van der Waals surface area contributed by atoms with Crippen molar-refractivity contribution in [1.29, 1.82) is 0 Å². The lowest BCUT2D eigenvalue weighted by Crippen LogP contribution is -2.26. The van der Waals surface area contributed by atoms with E-state index in [1.54, 1.807) is 12.1 Å².